The number of para-hydroxylation sites is 1. The largest absolute Gasteiger partial charge is 0.486 e. The van der Waals surface area contributed by atoms with Gasteiger partial charge in [0.15, 0.2) is 6.61 Å². The van der Waals surface area contributed by atoms with Crippen LogP contribution in [0.5, 0.6) is 5.75 Å². The second kappa shape index (κ2) is 10.6. The monoisotopic (exact) mass is 489 g/mol. The number of benzene rings is 2. The summed E-state index contributed by atoms with van der Waals surface area (Å²) in [6.45, 7) is -0.621. The lowest BCUT2D eigenvalue weighted by Gasteiger charge is -2.14. The lowest BCUT2D eigenvalue weighted by molar-refractivity contribution is 0.0440. The van der Waals surface area contributed by atoms with Gasteiger partial charge in [-0.15, -0.1) is 0 Å². The number of hydrogen-bond donors (Lipinski definition) is 1. The molecule has 2 aromatic carbocycles. The van der Waals surface area contributed by atoms with Crippen LogP contribution in [0.15, 0.2) is 86.8 Å². The summed E-state index contributed by atoms with van der Waals surface area (Å²) in [5, 5.41) is 0. The molecule has 0 aliphatic heterocycles. The predicted octanol–water partition coefficient (Wildman–Crippen LogP) is 2.39. The van der Waals surface area contributed by atoms with Gasteiger partial charge in [0, 0.05) is 7.05 Å². The molecule has 184 valence electrons. The highest BCUT2D eigenvalue weighted by atomic mass is 16.5. The molecule has 0 saturated carbocycles. The summed E-state index contributed by atoms with van der Waals surface area (Å²) < 4.78 is 17.9. The third-order valence-electron chi connectivity index (χ3n) is 5.37. The number of esters is 1. The van der Waals surface area contributed by atoms with Crippen LogP contribution in [0.4, 0.5) is 5.82 Å². The Kier molecular flexibility index (Phi) is 7.15. The van der Waals surface area contributed by atoms with Crippen molar-refractivity contribution >= 4 is 17.6 Å². The van der Waals surface area contributed by atoms with Gasteiger partial charge in [0.05, 0.1) is 6.54 Å². The molecule has 0 aliphatic carbocycles. The van der Waals surface area contributed by atoms with Crippen molar-refractivity contribution in [2.24, 2.45) is 7.05 Å². The minimum Gasteiger partial charge on any atom is -0.486 e. The predicted molar refractivity (Wildman–Crippen MR) is 130 cm³/mol. The van der Waals surface area contributed by atoms with Gasteiger partial charge >= 0.3 is 11.7 Å². The number of nitrogen functional groups attached to an aromatic ring is 1. The molecule has 0 amide bonds. The maximum Gasteiger partial charge on any atom is 0.374 e. The van der Waals surface area contributed by atoms with Crippen molar-refractivity contribution in [3.8, 4) is 5.75 Å². The number of furan rings is 1. The van der Waals surface area contributed by atoms with Gasteiger partial charge in [-0.3, -0.25) is 18.7 Å². The maximum absolute atomic E-state index is 12.8. The van der Waals surface area contributed by atoms with Gasteiger partial charge < -0.3 is 19.6 Å². The van der Waals surface area contributed by atoms with E-state index in [4.69, 9.17) is 19.6 Å². The summed E-state index contributed by atoms with van der Waals surface area (Å²) in [5.41, 5.74) is 4.83. The van der Waals surface area contributed by atoms with Gasteiger partial charge in [-0.1, -0.05) is 48.5 Å². The molecule has 4 aromatic rings. The molecular weight excluding hydrogens is 466 g/mol. The standard InChI is InChI=1S/C26H23N3O7/c1-28-24(31)22(23(27)29(26(28)33)14-17-8-4-2-5-9-17)20(30)16-35-25(32)21-13-12-19(36-21)15-34-18-10-6-3-7-11-18/h2-13H,14-16,27H2,1H3. The Morgan fingerprint density at radius 2 is 1.61 bits per heavy atom. The lowest BCUT2D eigenvalue weighted by atomic mass is 10.2. The summed E-state index contributed by atoms with van der Waals surface area (Å²) in [5.74, 6) is -1.17. The number of carbonyl (C=O) groups excluding carboxylic acids is 2. The minimum atomic E-state index is -0.901. The first kappa shape index (κ1) is 24.3. The van der Waals surface area contributed by atoms with Crippen LogP contribution in [0.2, 0.25) is 0 Å². The van der Waals surface area contributed by atoms with Gasteiger partial charge in [-0.05, 0) is 29.8 Å². The number of rotatable bonds is 9. The Morgan fingerprint density at radius 3 is 2.31 bits per heavy atom. The number of anilines is 1. The molecule has 36 heavy (non-hydrogen) atoms. The zero-order valence-corrected chi connectivity index (χ0v) is 19.4. The number of ketones is 1. The zero-order valence-electron chi connectivity index (χ0n) is 19.4. The molecule has 0 unspecified atom stereocenters. The lowest BCUT2D eigenvalue weighted by Crippen LogP contribution is -2.43. The Morgan fingerprint density at radius 1 is 0.944 bits per heavy atom. The Balaban J connectivity index is 1.45. The van der Waals surface area contributed by atoms with E-state index in [-0.39, 0.29) is 24.7 Å². The quantitative estimate of drug-likeness (QED) is 0.280. The van der Waals surface area contributed by atoms with E-state index in [0.29, 0.717) is 11.5 Å². The van der Waals surface area contributed by atoms with Crippen molar-refractivity contribution in [3.05, 3.63) is 116 Å². The van der Waals surface area contributed by atoms with Gasteiger partial charge in [0.25, 0.3) is 5.56 Å². The van der Waals surface area contributed by atoms with E-state index in [2.05, 4.69) is 0 Å². The first-order valence-corrected chi connectivity index (χ1v) is 10.9. The third-order valence-corrected chi connectivity index (χ3v) is 5.37. The molecule has 0 atom stereocenters. The van der Waals surface area contributed by atoms with Crippen LogP contribution in [-0.4, -0.2) is 27.5 Å². The molecule has 10 heteroatoms. The second-order valence-corrected chi connectivity index (χ2v) is 7.85. The number of hydrogen-bond acceptors (Lipinski definition) is 8. The van der Waals surface area contributed by atoms with E-state index in [1.165, 1.54) is 13.1 Å². The Labute approximate surface area is 205 Å². The molecule has 4 rings (SSSR count). The fourth-order valence-electron chi connectivity index (χ4n) is 3.47. The molecule has 0 bridgehead atoms. The van der Waals surface area contributed by atoms with Crippen molar-refractivity contribution in [2.45, 2.75) is 13.2 Å². The highest BCUT2D eigenvalue weighted by Crippen LogP contribution is 2.15. The summed E-state index contributed by atoms with van der Waals surface area (Å²) in [6, 6.07) is 21.0. The molecule has 0 fully saturated rings. The number of nitrogens with two attached hydrogens (primary N) is 1. The van der Waals surface area contributed by atoms with E-state index in [0.717, 1.165) is 14.7 Å². The van der Waals surface area contributed by atoms with Crippen LogP contribution in [-0.2, 0) is 24.9 Å². The summed E-state index contributed by atoms with van der Waals surface area (Å²) in [7, 11) is 1.25. The fourth-order valence-corrected chi connectivity index (χ4v) is 3.47. The minimum absolute atomic E-state index is 0.0555. The topological polar surface area (TPSA) is 136 Å². The zero-order chi connectivity index (χ0) is 25.7. The maximum atomic E-state index is 12.8. The number of Topliss-reactive ketones (excluding diaryl/α,β-unsaturated/α-hetero) is 1. The smallest absolute Gasteiger partial charge is 0.374 e. The molecule has 0 spiro atoms. The van der Waals surface area contributed by atoms with Crippen molar-refractivity contribution in [1.29, 1.82) is 0 Å². The van der Waals surface area contributed by atoms with Gasteiger partial charge in [-0.2, -0.15) is 0 Å². The Hall–Kier alpha value is -4.86. The molecule has 2 N–H and O–H groups in total. The normalized spacial score (nSPS) is 10.7. The molecule has 10 nitrogen and oxygen atoms in total. The molecule has 2 aromatic heterocycles. The Bertz CT molecular complexity index is 1500. The number of nitrogens with zero attached hydrogens (tertiary/aromatic N) is 2. The highest BCUT2D eigenvalue weighted by molar-refractivity contribution is 6.02. The summed E-state index contributed by atoms with van der Waals surface area (Å²) >= 11 is 0. The summed E-state index contributed by atoms with van der Waals surface area (Å²) in [4.78, 5) is 50.5. The number of aromatic nitrogens is 2. The van der Waals surface area contributed by atoms with Crippen LogP contribution in [0, 0.1) is 0 Å². The van der Waals surface area contributed by atoms with Crippen LogP contribution in [0.1, 0.15) is 32.2 Å². The SMILES string of the molecule is Cn1c(=O)c(C(=O)COC(=O)c2ccc(COc3ccccc3)o2)c(N)n(Cc2ccccc2)c1=O. The van der Waals surface area contributed by atoms with Crippen LogP contribution < -0.4 is 21.7 Å². The highest BCUT2D eigenvalue weighted by Gasteiger charge is 2.23. The van der Waals surface area contributed by atoms with Gasteiger partial charge in [-0.25, -0.2) is 9.59 Å². The van der Waals surface area contributed by atoms with Crippen LogP contribution in [0.3, 0.4) is 0 Å². The average molecular weight is 489 g/mol. The number of ether oxygens (including phenoxy) is 2. The first-order valence-electron chi connectivity index (χ1n) is 10.9. The van der Waals surface area contributed by atoms with E-state index < -0.39 is 35.2 Å². The van der Waals surface area contributed by atoms with E-state index >= 15 is 0 Å². The van der Waals surface area contributed by atoms with E-state index in [9.17, 15) is 19.2 Å². The van der Waals surface area contributed by atoms with Crippen molar-refractivity contribution < 1.29 is 23.5 Å². The molecule has 0 aliphatic rings. The second-order valence-electron chi connectivity index (χ2n) is 7.85. The van der Waals surface area contributed by atoms with Crippen LogP contribution >= 0.6 is 0 Å². The van der Waals surface area contributed by atoms with Crippen molar-refractivity contribution in [2.75, 3.05) is 12.3 Å². The average Bonchev–Trinajstić information content (AvgIpc) is 3.38. The van der Waals surface area contributed by atoms with Gasteiger partial charge in [0.1, 0.15) is 29.5 Å². The van der Waals surface area contributed by atoms with Crippen LogP contribution in [0.25, 0.3) is 0 Å². The molecular formula is C26H23N3O7. The summed E-state index contributed by atoms with van der Waals surface area (Å²) in [6.07, 6.45) is 0. The first-order chi connectivity index (χ1) is 17.3. The third kappa shape index (κ3) is 5.27. The van der Waals surface area contributed by atoms with E-state index in [1.807, 2.05) is 24.3 Å². The molecule has 0 radical (unpaired) electrons. The fraction of sp³-hybridized carbons (Fsp3) is 0.154. The van der Waals surface area contributed by atoms with E-state index in [1.54, 1.807) is 42.5 Å². The molecule has 2 heterocycles. The molecule has 0 saturated heterocycles. The van der Waals surface area contributed by atoms with Crippen molar-refractivity contribution in [1.82, 2.24) is 9.13 Å². The number of carbonyl (C=O) groups is 2. The van der Waals surface area contributed by atoms with Crippen molar-refractivity contribution in [3.63, 3.8) is 0 Å². The van der Waals surface area contributed by atoms with Gasteiger partial charge in [0.2, 0.25) is 11.5 Å².